The maximum atomic E-state index is 12.7. The lowest BCUT2D eigenvalue weighted by Gasteiger charge is -2.62. The molecule has 2 bridgehead atoms. The average molecular weight is 401 g/mol. The van der Waals surface area contributed by atoms with Gasteiger partial charge in [0.2, 0.25) is 0 Å². The van der Waals surface area contributed by atoms with Gasteiger partial charge in [0, 0.05) is 30.5 Å². The first-order chi connectivity index (χ1) is 13.1. The fourth-order valence-electron chi connectivity index (χ4n) is 4.33. The van der Waals surface area contributed by atoms with E-state index >= 15 is 0 Å². The Bertz CT molecular complexity index is 1030. The molecule has 3 heterocycles. The molecule has 3 fully saturated rings. The van der Waals surface area contributed by atoms with Gasteiger partial charge in [-0.05, 0) is 42.2 Å². The monoisotopic (exact) mass is 400 g/mol. The van der Waals surface area contributed by atoms with Crippen molar-refractivity contribution in [1.82, 2.24) is 15.0 Å². The Hall–Kier alpha value is -1.90. The first-order valence-corrected chi connectivity index (χ1v) is 11.1. The molecule has 3 saturated carbocycles. The van der Waals surface area contributed by atoms with E-state index in [0.29, 0.717) is 22.3 Å². The summed E-state index contributed by atoms with van der Waals surface area (Å²) < 4.78 is 18.5. The first-order valence-electron chi connectivity index (χ1n) is 8.97. The summed E-state index contributed by atoms with van der Waals surface area (Å²) in [4.78, 5) is 13.9. The number of rotatable bonds is 6. The Morgan fingerprint density at radius 1 is 1.33 bits per heavy atom. The lowest BCUT2D eigenvalue weighted by Crippen LogP contribution is -2.55. The normalized spacial score (nSPS) is 24.4. The van der Waals surface area contributed by atoms with Crippen molar-refractivity contribution in [3.05, 3.63) is 30.4 Å². The minimum absolute atomic E-state index is 0.219. The highest BCUT2D eigenvalue weighted by atomic mass is 32.2. The summed E-state index contributed by atoms with van der Waals surface area (Å²) >= 11 is 1.44. The second-order valence-electron chi connectivity index (χ2n) is 7.47. The minimum Gasteiger partial charge on any atom is -0.396 e. The molecule has 0 spiro atoms. The van der Waals surface area contributed by atoms with E-state index in [4.69, 9.17) is 15.5 Å². The van der Waals surface area contributed by atoms with Gasteiger partial charge < -0.3 is 10.5 Å². The van der Waals surface area contributed by atoms with Gasteiger partial charge >= 0.3 is 0 Å². The third-order valence-corrected chi connectivity index (χ3v) is 8.68. The maximum absolute atomic E-state index is 12.7. The number of nitrogens with zero attached hydrogens (tertiary/aromatic N) is 3. The predicted octanol–water partition coefficient (Wildman–Crippen LogP) is 3.14. The van der Waals surface area contributed by atoms with Crippen LogP contribution in [0.25, 0.3) is 21.5 Å². The molecule has 0 aromatic carbocycles. The van der Waals surface area contributed by atoms with Crippen LogP contribution in [0.4, 0.5) is 5.69 Å². The maximum Gasteiger partial charge on any atom is 0.127 e. The van der Waals surface area contributed by atoms with Crippen molar-refractivity contribution in [2.45, 2.75) is 28.9 Å². The van der Waals surface area contributed by atoms with Crippen LogP contribution in [0.2, 0.25) is 0 Å². The lowest BCUT2D eigenvalue weighted by molar-refractivity contribution is -0.0261. The summed E-state index contributed by atoms with van der Waals surface area (Å²) in [6.45, 7) is 0.443. The second-order valence-corrected chi connectivity index (χ2v) is 10.2. The van der Waals surface area contributed by atoms with Crippen LogP contribution in [0.15, 0.2) is 29.0 Å². The third-order valence-electron chi connectivity index (χ3n) is 5.81. The largest absolute Gasteiger partial charge is 0.396 e. The molecule has 0 radical (unpaired) electrons. The van der Waals surface area contributed by atoms with E-state index in [1.165, 1.54) is 42.5 Å². The quantitative estimate of drug-likeness (QED) is 0.683. The zero-order valence-electron chi connectivity index (χ0n) is 15.0. The highest BCUT2D eigenvalue weighted by molar-refractivity contribution is 7.87. The van der Waals surface area contributed by atoms with Gasteiger partial charge in [0.15, 0.2) is 0 Å². The smallest absolute Gasteiger partial charge is 0.127 e. The second kappa shape index (κ2) is 6.32. The van der Waals surface area contributed by atoms with Crippen LogP contribution in [-0.4, -0.2) is 38.6 Å². The number of methoxy groups -OCH3 is 1. The van der Waals surface area contributed by atoms with Crippen molar-refractivity contribution in [1.29, 1.82) is 0 Å². The summed E-state index contributed by atoms with van der Waals surface area (Å²) in [5.41, 5.74) is 10.4. The Morgan fingerprint density at radius 2 is 2.07 bits per heavy atom. The predicted molar refractivity (Wildman–Crippen MR) is 107 cm³/mol. The molecule has 140 valence electrons. The average Bonchev–Trinajstić information content (AvgIpc) is 2.95. The fourth-order valence-corrected chi connectivity index (χ4v) is 6.89. The van der Waals surface area contributed by atoms with Crippen molar-refractivity contribution in [3.8, 4) is 11.3 Å². The molecule has 0 aliphatic heterocycles. The van der Waals surface area contributed by atoms with Crippen LogP contribution in [0.1, 0.15) is 24.8 Å². The number of pyridine rings is 1. The molecule has 2 N–H and O–H groups in total. The van der Waals surface area contributed by atoms with E-state index in [-0.39, 0.29) is 5.41 Å². The number of ether oxygens (including phenoxy) is 1. The fraction of sp³-hybridized carbons (Fsp3) is 0.421. The summed E-state index contributed by atoms with van der Waals surface area (Å²) in [5, 5.41) is 1.000. The van der Waals surface area contributed by atoms with E-state index in [0.717, 1.165) is 27.4 Å². The molecule has 1 unspecified atom stereocenters. The molecule has 0 amide bonds. The Labute approximate surface area is 163 Å². The minimum atomic E-state index is -1.18. The number of hydrogen-bond acceptors (Lipinski definition) is 7. The van der Waals surface area contributed by atoms with Crippen LogP contribution in [0.3, 0.4) is 0 Å². The van der Waals surface area contributed by atoms with Crippen LogP contribution in [0.5, 0.6) is 0 Å². The summed E-state index contributed by atoms with van der Waals surface area (Å²) in [6, 6.07) is 2.15. The topological polar surface area (TPSA) is 91.0 Å². The van der Waals surface area contributed by atoms with Gasteiger partial charge in [0.1, 0.15) is 15.4 Å². The number of nitrogen functional groups attached to an aromatic ring is 1. The number of thiophene rings is 1. The Balaban J connectivity index is 1.69. The van der Waals surface area contributed by atoms with Crippen molar-refractivity contribution in [3.63, 3.8) is 0 Å². The Kier molecular flexibility index (Phi) is 4.03. The molecule has 8 heteroatoms. The van der Waals surface area contributed by atoms with Gasteiger partial charge in [-0.15, -0.1) is 11.3 Å². The molecule has 3 aliphatic rings. The summed E-state index contributed by atoms with van der Waals surface area (Å²) in [5.74, 6) is 1.29. The molecule has 3 aromatic heterocycles. The van der Waals surface area contributed by atoms with E-state index in [1.54, 1.807) is 19.5 Å². The highest BCUT2D eigenvalue weighted by Crippen LogP contribution is 2.66. The van der Waals surface area contributed by atoms with Crippen molar-refractivity contribution in [2.24, 2.45) is 5.92 Å². The van der Waals surface area contributed by atoms with Gasteiger partial charge in [-0.2, -0.15) is 0 Å². The van der Waals surface area contributed by atoms with Gasteiger partial charge in [-0.25, -0.2) is 15.0 Å². The number of anilines is 1. The number of fused-ring (bicyclic) bond motifs is 1. The molecule has 1 atom stereocenters. The number of hydrogen-bond donors (Lipinski definition) is 1. The lowest BCUT2D eigenvalue weighted by atomic mass is 9.42. The summed E-state index contributed by atoms with van der Waals surface area (Å²) in [6.07, 6.45) is 8.73. The molecular formula is C19H20N4O2S2. The molecule has 6 rings (SSSR count). The zero-order valence-corrected chi connectivity index (χ0v) is 16.6. The van der Waals surface area contributed by atoms with Crippen LogP contribution in [0, 0.1) is 5.92 Å². The zero-order chi connectivity index (χ0) is 18.6. The van der Waals surface area contributed by atoms with Crippen molar-refractivity contribution < 1.29 is 8.95 Å². The molecular weight excluding hydrogens is 380 g/mol. The van der Waals surface area contributed by atoms with Crippen molar-refractivity contribution in [2.75, 3.05) is 25.2 Å². The molecule has 6 nitrogen and oxygen atoms in total. The van der Waals surface area contributed by atoms with Gasteiger partial charge in [-0.3, -0.25) is 4.21 Å². The summed E-state index contributed by atoms with van der Waals surface area (Å²) in [7, 11) is 0.432. The van der Waals surface area contributed by atoms with E-state index < -0.39 is 10.8 Å². The van der Waals surface area contributed by atoms with Crippen LogP contribution < -0.4 is 5.73 Å². The molecule has 3 aliphatic carbocycles. The molecule has 0 saturated heterocycles. The van der Waals surface area contributed by atoms with E-state index in [9.17, 15) is 4.21 Å². The molecule has 3 aromatic rings. The van der Waals surface area contributed by atoms with E-state index in [2.05, 4.69) is 16.0 Å². The van der Waals surface area contributed by atoms with Gasteiger partial charge in [0.25, 0.3) is 0 Å². The Morgan fingerprint density at radius 3 is 2.70 bits per heavy atom. The van der Waals surface area contributed by atoms with Gasteiger partial charge in [0.05, 0.1) is 34.5 Å². The number of aromatic nitrogens is 3. The van der Waals surface area contributed by atoms with E-state index in [1.807, 2.05) is 0 Å². The first kappa shape index (κ1) is 17.2. The van der Waals surface area contributed by atoms with Crippen LogP contribution >= 0.6 is 11.3 Å². The third kappa shape index (κ3) is 2.61. The van der Waals surface area contributed by atoms with Crippen molar-refractivity contribution >= 4 is 38.0 Å². The highest BCUT2D eigenvalue weighted by Gasteiger charge is 2.58. The molecule has 27 heavy (non-hydrogen) atoms. The number of nitrogens with two attached hydrogens (primary N) is 1. The standard InChI is InChI=1S/C19H20N4O2S2/c1-25-2-3-27(24)18-16(20)15-13(19-5-11(6-19)7-19)4-14(23-17(15)26-18)12-8-21-10-22-9-12/h4,8-11H,2-3,5-7,20H2,1H3. The van der Waals surface area contributed by atoms with Gasteiger partial charge in [-0.1, -0.05) is 0 Å². The van der Waals surface area contributed by atoms with Crippen LogP contribution in [-0.2, 0) is 21.0 Å². The SMILES string of the molecule is COCCS(=O)c1sc2nc(-c3cncnc3)cc(C34CC(C3)C4)c2c1N.